The van der Waals surface area contributed by atoms with Crippen LogP contribution in [0.3, 0.4) is 0 Å². The van der Waals surface area contributed by atoms with Gasteiger partial charge in [0.15, 0.2) is 4.80 Å². The number of H-pyrrole nitrogens is 1. The molecule has 0 spiro atoms. The molecule has 8 nitrogen and oxygen atoms in total. The van der Waals surface area contributed by atoms with Gasteiger partial charge >= 0.3 is 0 Å². The van der Waals surface area contributed by atoms with Crippen molar-refractivity contribution in [3.8, 4) is 5.75 Å². The van der Waals surface area contributed by atoms with Gasteiger partial charge in [0, 0.05) is 34.2 Å². The molecule has 2 aromatic heterocycles. The lowest BCUT2D eigenvalue weighted by atomic mass is 9.95. The number of thiazole rings is 1. The number of hydrazone groups is 1. The third-order valence-corrected chi connectivity index (χ3v) is 6.34. The number of carbonyl (C=O) groups excluding carboxylic acids is 1. The number of aromatic amines is 1. The van der Waals surface area contributed by atoms with Crippen molar-refractivity contribution < 1.29 is 14.6 Å². The van der Waals surface area contributed by atoms with Crippen molar-refractivity contribution in [1.29, 1.82) is 5.41 Å². The number of aromatic nitrogens is 2. The molecule has 0 radical (unpaired) electrons. The Morgan fingerprint density at radius 1 is 1.25 bits per heavy atom. The molecule has 1 amide bonds. The predicted octanol–water partition coefficient (Wildman–Crippen LogP) is 2.87. The average Bonchev–Trinajstić information content (AvgIpc) is 3.51. The number of nitrogens with zero attached hydrogens (tertiary/aromatic N) is 3. The van der Waals surface area contributed by atoms with Crippen LogP contribution in [0.15, 0.2) is 71.4 Å². The Hall–Kier alpha value is -3.69. The highest BCUT2D eigenvalue weighted by Crippen LogP contribution is 2.35. The highest BCUT2D eigenvalue weighted by Gasteiger charge is 2.41. The normalized spacial score (nSPS) is 18.2. The number of benzene rings is 2. The van der Waals surface area contributed by atoms with Crippen LogP contribution in [0.25, 0.3) is 10.9 Å². The van der Waals surface area contributed by atoms with Crippen LogP contribution < -0.4 is 9.54 Å². The lowest BCUT2D eigenvalue weighted by Crippen LogP contribution is -2.36. The number of para-hydroxylation sites is 1. The Bertz CT molecular complexity index is 1370. The fourth-order valence-electron chi connectivity index (χ4n) is 4.00. The van der Waals surface area contributed by atoms with Gasteiger partial charge in [-0.2, -0.15) is 5.10 Å². The van der Waals surface area contributed by atoms with Crippen LogP contribution in [0.4, 0.5) is 0 Å². The third-order valence-electron chi connectivity index (χ3n) is 5.62. The second kappa shape index (κ2) is 8.10. The Kier molecular flexibility index (Phi) is 5.12. The summed E-state index contributed by atoms with van der Waals surface area (Å²) in [5.74, 6) is 0.376. The van der Waals surface area contributed by atoms with Gasteiger partial charge < -0.3 is 19.4 Å². The number of methoxy groups -OCH3 is 1. The lowest BCUT2D eigenvalue weighted by molar-refractivity contribution is -0.135. The Morgan fingerprint density at radius 3 is 2.75 bits per heavy atom. The van der Waals surface area contributed by atoms with Crippen molar-refractivity contribution in [1.82, 2.24) is 14.6 Å². The molecule has 0 saturated heterocycles. The summed E-state index contributed by atoms with van der Waals surface area (Å²) in [5.41, 5.74) is 2.85. The molecule has 3 heterocycles. The highest BCUT2D eigenvalue weighted by atomic mass is 32.1. The average molecular weight is 448 g/mol. The first-order chi connectivity index (χ1) is 15.6. The maximum atomic E-state index is 13.3. The Balaban J connectivity index is 1.57. The number of hydrogen-bond donors (Lipinski definition) is 3. The highest BCUT2D eigenvalue weighted by molar-refractivity contribution is 7.06. The van der Waals surface area contributed by atoms with Gasteiger partial charge in [-0.25, -0.2) is 5.01 Å². The number of nitrogens with one attached hydrogen (secondary N) is 2. The molecule has 0 unspecified atom stereocenters. The maximum absolute atomic E-state index is 13.3. The minimum atomic E-state index is -1.02. The number of fused-ring (bicyclic) bond motifs is 1. The van der Waals surface area contributed by atoms with E-state index in [0.29, 0.717) is 11.5 Å². The summed E-state index contributed by atoms with van der Waals surface area (Å²) in [5, 5.41) is 27.9. The topological polar surface area (TPSA) is 107 Å². The van der Waals surface area contributed by atoms with Gasteiger partial charge in [-0.15, -0.1) is 11.3 Å². The largest absolute Gasteiger partial charge is 0.497 e. The van der Waals surface area contributed by atoms with E-state index in [-0.39, 0.29) is 17.3 Å². The summed E-state index contributed by atoms with van der Waals surface area (Å²) >= 11 is 1.25. The van der Waals surface area contributed by atoms with Crippen molar-refractivity contribution in [3.05, 3.63) is 82.2 Å². The minimum Gasteiger partial charge on any atom is -0.497 e. The monoisotopic (exact) mass is 447 g/mol. The minimum absolute atomic E-state index is 0.0353. The second-order valence-electron chi connectivity index (χ2n) is 7.47. The molecule has 0 aliphatic carbocycles. The van der Waals surface area contributed by atoms with E-state index in [4.69, 9.17) is 10.1 Å². The number of carbonyl (C=O) groups is 1. The number of aliphatic hydroxyl groups is 1. The van der Waals surface area contributed by atoms with E-state index in [1.807, 2.05) is 36.4 Å². The number of aliphatic hydroxyl groups excluding tert-OH is 1. The van der Waals surface area contributed by atoms with Crippen LogP contribution in [-0.2, 0) is 11.3 Å². The summed E-state index contributed by atoms with van der Waals surface area (Å²) < 4.78 is 6.80. The smallest absolute Gasteiger partial charge is 0.263 e. The zero-order valence-corrected chi connectivity index (χ0v) is 18.0. The Morgan fingerprint density at radius 2 is 2.03 bits per heavy atom. The van der Waals surface area contributed by atoms with Crippen molar-refractivity contribution in [2.75, 3.05) is 7.11 Å². The molecule has 32 heavy (non-hydrogen) atoms. The van der Waals surface area contributed by atoms with Gasteiger partial charge in [0.05, 0.1) is 7.11 Å². The van der Waals surface area contributed by atoms with Crippen LogP contribution in [0.1, 0.15) is 17.2 Å². The predicted molar refractivity (Wildman–Crippen MR) is 122 cm³/mol. The fourth-order valence-corrected chi connectivity index (χ4v) is 4.60. The van der Waals surface area contributed by atoms with Gasteiger partial charge in [0.2, 0.25) is 0 Å². The van der Waals surface area contributed by atoms with Crippen molar-refractivity contribution in [2.24, 2.45) is 5.10 Å². The van der Waals surface area contributed by atoms with Gasteiger partial charge in [-0.3, -0.25) is 10.2 Å². The summed E-state index contributed by atoms with van der Waals surface area (Å²) in [7, 11) is 1.59. The molecule has 0 fully saturated rings. The molecule has 2 atom stereocenters. The van der Waals surface area contributed by atoms with E-state index in [9.17, 15) is 9.90 Å². The molecule has 1 aliphatic rings. The van der Waals surface area contributed by atoms with E-state index in [1.54, 1.807) is 41.6 Å². The molecule has 9 heteroatoms. The quantitative estimate of drug-likeness (QED) is 0.438. The summed E-state index contributed by atoms with van der Waals surface area (Å²) in [4.78, 5) is 16.8. The van der Waals surface area contributed by atoms with Crippen LogP contribution >= 0.6 is 11.3 Å². The van der Waals surface area contributed by atoms with Gasteiger partial charge in [0.1, 0.15) is 30.2 Å². The zero-order chi connectivity index (χ0) is 22.2. The zero-order valence-electron chi connectivity index (χ0n) is 17.2. The number of rotatable bonds is 5. The molecule has 5 rings (SSSR count). The first-order valence-corrected chi connectivity index (χ1v) is 10.9. The van der Waals surface area contributed by atoms with E-state index in [2.05, 4.69) is 10.1 Å². The molecule has 0 bridgehead atoms. The van der Waals surface area contributed by atoms with Crippen LogP contribution in [0.2, 0.25) is 0 Å². The van der Waals surface area contributed by atoms with Gasteiger partial charge in [0.25, 0.3) is 5.91 Å². The summed E-state index contributed by atoms with van der Waals surface area (Å²) in [6.45, 7) is -0.0353. The standard InChI is InChI=1S/C23H21N5O3S/c1-31-15-8-6-14(7-9-15)21-22(30)20(17-12-25-18-5-3-2-4-16(17)18)26-28(21)19(29)13-27-10-11-32-23(27)24/h2-12,21-22,24-25,30H,13H2,1H3/t21-,22+/m1/s1. The third kappa shape index (κ3) is 3.41. The summed E-state index contributed by atoms with van der Waals surface area (Å²) in [6, 6.07) is 14.3. The van der Waals surface area contributed by atoms with Crippen molar-refractivity contribution in [3.63, 3.8) is 0 Å². The molecule has 2 aromatic carbocycles. The first-order valence-electron chi connectivity index (χ1n) is 10.0. The van der Waals surface area contributed by atoms with E-state index >= 15 is 0 Å². The molecule has 1 aliphatic heterocycles. The van der Waals surface area contributed by atoms with Crippen molar-refractivity contribution >= 4 is 33.9 Å². The van der Waals surface area contributed by atoms with Crippen molar-refractivity contribution in [2.45, 2.75) is 18.7 Å². The van der Waals surface area contributed by atoms with Crippen LogP contribution in [0.5, 0.6) is 5.75 Å². The van der Waals surface area contributed by atoms with Gasteiger partial charge in [-0.05, 0) is 23.8 Å². The second-order valence-corrected chi connectivity index (χ2v) is 8.36. The van der Waals surface area contributed by atoms with E-state index in [0.717, 1.165) is 22.0 Å². The number of ether oxygens (including phenoxy) is 1. The molecular weight excluding hydrogens is 426 g/mol. The molecule has 162 valence electrons. The molecule has 3 N–H and O–H groups in total. The van der Waals surface area contributed by atoms with Crippen LogP contribution in [-0.4, -0.2) is 44.5 Å². The van der Waals surface area contributed by atoms with Gasteiger partial charge in [-0.1, -0.05) is 30.3 Å². The van der Waals surface area contributed by atoms with E-state index in [1.165, 1.54) is 16.3 Å². The lowest BCUT2D eigenvalue weighted by Gasteiger charge is -2.24. The van der Waals surface area contributed by atoms with E-state index < -0.39 is 12.1 Å². The molecule has 0 saturated carbocycles. The SMILES string of the molecule is COc1ccc([C@@H]2[C@@H](O)C(c3c[nH]c4ccccc34)=NN2C(=O)Cn2ccsc2=N)cc1. The maximum Gasteiger partial charge on any atom is 0.263 e. The first kappa shape index (κ1) is 20.2. The molecule has 4 aromatic rings. The number of amides is 1. The summed E-state index contributed by atoms with van der Waals surface area (Å²) in [6.07, 6.45) is 2.49. The van der Waals surface area contributed by atoms with Crippen LogP contribution in [0, 0.1) is 5.41 Å². The fraction of sp³-hybridized carbons (Fsp3) is 0.174. The Labute approximate surface area is 187 Å². The number of hydrogen-bond acceptors (Lipinski definition) is 6. The molecular formula is C23H21N5O3S.